The Bertz CT molecular complexity index is 963. The summed E-state index contributed by atoms with van der Waals surface area (Å²) < 4.78 is 0. The highest BCUT2D eigenvalue weighted by atomic mass is 16.5. The topological polar surface area (TPSA) is 65.3 Å². The summed E-state index contributed by atoms with van der Waals surface area (Å²) in [6, 6.07) is 5.88. The van der Waals surface area contributed by atoms with Gasteiger partial charge in [0.15, 0.2) is 5.84 Å². The van der Waals surface area contributed by atoms with E-state index in [1.807, 2.05) is 37.3 Å². The number of allylic oxidation sites excluding steroid dienone is 2. The number of amidine groups is 1. The van der Waals surface area contributed by atoms with Crippen molar-refractivity contribution in [2.45, 2.75) is 19.8 Å². The molecular formula is C19H17N3O2. The second-order valence-electron chi connectivity index (χ2n) is 6.21. The Morgan fingerprint density at radius 1 is 1.38 bits per heavy atom. The van der Waals surface area contributed by atoms with E-state index in [4.69, 9.17) is 0 Å². The second kappa shape index (κ2) is 5.69. The zero-order valence-corrected chi connectivity index (χ0v) is 13.3. The predicted octanol–water partition coefficient (Wildman–Crippen LogP) is 1.51. The van der Waals surface area contributed by atoms with Crippen LogP contribution in [0.25, 0.3) is 11.8 Å². The van der Waals surface area contributed by atoms with Crippen molar-refractivity contribution in [3.63, 3.8) is 0 Å². The average molecular weight is 319 g/mol. The lowest BCUT2D eigenvalue weighted by molar-refractivity contribution is -0.118. The van der Waals surface area contributed by atoms with Crippen molar-refractivity contribution < 1.29 is 10.0 Å². The van der Waals surface area contributed by atoms with Crippen molar-refractivity contribution in [1.29, 1.82) is 0 Å². The predicted molar refractivity (Wildman–Crippen MR) is 92.8 cm³/mol. The van der Waals surface area contributed by atoms with E-state index in [1.165, 1.54) is 0 Å². The third-order valence-electron chi connectivity index (χ3n) is 4.31. The summed E-state index contributed by atoms with van der Waals surface area (Å²) in [5.41, 5.74) is 2.67. The summed E-state index contributed by atoms with van der Waals surface area (Å²) in [6.07, 6.45) is 10.8. The van der Waals surface area contributed by atoms with E-state index in [9.17, 15) is 10.0 Å². The minimum atomic E-state index is -0.0697. The highest BCUT2D eigenvalue weighted by Gasteiger charge is 2.29. The third kappa shape index (κ3) is 2.74. The molecule has 0 radical (unpaired) electrons. The van der Waals surface area contributed by atoms with Crippen molar-refractivity contribution >= 4 is 29.7 Å². The minimum Gasteiger partial charge on any atom is -0.284 e. The van der Waals surface area contributed by atoms with Crippen LogP contribution in [-0.2, 0) is 4.79 Å². The summed E-state index contributed by atoms with van der Waals surface area (Å²) in [7, 11) is 0. The van der Waals surface area contributed by atoms with Gasteiger partial charge in [-0.15, -0.1) is 0 Å². The summed E-state index contributed by atoms with van der Waals surface area (Å²) >= 11 is 0. The molecular weight excluding hydrogens is 302 g/mol. The maximum Gasteiger partial charge on any atom is 0.250 e. The molecule has 5 nitrogen and oxygen atoms in total. The van der Waals surface area contributed by atoms with Crippen LogP contribution in [0.1, 0.15) is 25.3 Å². The van der Waals surface area contributed by atoms with Gasteiger partial charge in [-0.05, 0) is 48.8 Å². The number of nitrogens with zero attached hydrogens (tertiary/aromatic N) is 3. The SMILES string of the molecule is CC1=CC=CN(O)C1=c1ccc2c(c1)C=NC(=NC(=O)C1CC1)C=2. The zero-order chi connectivity index (χ0) is 16.7. The van der Waals surface area contributed by atoms with Gasteiger partial charge in [-0.25, -0.2) is 10.1 Å². The van der Waals surface area contributed by atoms with E-state index in [2.05, 4.69) is 9.98 Å². The van der Waals surface area contributed by atoms with Gasteiger partial charge in [0.05, 0.1) is 5.70 Å². The van der Waals surface area contributed by atoms with E-state index in [0.717, 1.165) is 45.2 Å². The molecule has 4 rings (SSSR count). The van der Waals surface area contributed by atoms with Gasteiger partial charge >= 0.3 is 0 Å². The normalized spacial score (nSPS) is 23.0. The first-order valence-electron chi connectivity index (χ1n) is 7.98. The van der Waals surface area contributed by atoms with Crippen molar-refractivity contribution in [2.24, 2.45) is 15.9 Å². The summed E-state index contributed by atoms with van der Waals surface area (Å²) in [6.45, 7) is 1.95. The van der Waals surface area contributed by atoms with Gasteiger partial charge in [0.2, 0.25) is 0 Å². The lowest BCUT2D eigenvalue weighted by Gasteiger charge is -2.20. The number of carbonyl (C=O) groups excluding carboxylic acids is 1. The number of fused-ring (bicyclic) bond motifs is 1. The molecule has 1 saturated carbocycles. The lowest BCUT2D eigenvalue weighted by atomic mass is 10.0. The second-order valence-corrected chi connectivity index (χ2v) is 6.21. The molecule has 1 aromatic carbocycles. The largest absolute Gasteiger partial charge is 0.284 e. The highest BCUT2D eigenvalue weighted by Crippen LogP contribution is 2.30. The third-order valence-corrected chi connectivity index (χ3v) is 4.31. The molecule has 2 heterocycles. The maximum atomic E-state index is 11.8. The Balaban J connectivity index is 1.76. The Kier molecular flexibility index (Phi) is 3.50. The van der Waals surface area contributed by atoms with Gasteiger partial charge in [0.25, 0.3) is 5.91 Å². The van der Waals surface area contributed by atoms with Crippen molar-refractivity contribution in [1.82, 2.24) is 5.06 Å². The van der Waals surface area contributed by atoms with Crippen molar-refractivity contribution in [2.75, 3.05) is 0 Å². The zero-order valence-electron chi connectivity index (χ0n) is 13.3. The van der Waals surface area contributed by atoms with Crippen molar-refractivity contribution in [3.05, 3.63) is 58.1 Å². The molecule has 1 N–H and O–H groups in total. The molecule has 1 amide bonds. The molecule has 0 atom stereocenters. The molecule has 1 aliphatic carbocycles. The maximum absolute atomic E-state index is 11.8. The van der Waals surface area contributed by atoms with Crippen LogP contribution in [0, 0.1) is 5.92 Å². The average Bonchev–Trinajstić information content (AvgIpc) is 3.39. The highest BCUT2D eigenvalue weighted by molar-refractivity contribution is 6.19. The van der Waals surface area contributed by atoms with Crippen LogP contribution in [0.15, 0.2) is 52.1 Å². The Hall–Kier alpha value is -2.79. The van der Waals surface area contributed by atoms with Crippen LogP contribution >= 0.6 is 0 Å². The summed E-state index contributed by atoms with van der Waals surface area (Å²) in [5, 5.41) is 13.1. The molecule has 1 fully saturated rings. The number of benzene rings is 1. The number of rotatable bonds is 1. The van der Waals surface area contributed by atoms with Gasteiger partial charge in [-0.3, -0.25) is 10.0 Å². The minimum absolute atomic E-state index is 0.0697. The van der Waals surface area contributed by atoms with E-state index in [1.54, 1.807) is 18.5 Å². The molecule has 0 bridgehead atoms. The first kappa shape index (κ1) is 14.8. The Morgan fingerprint density at radius 2 is 2.21 bits per heavy atom. The smallest absolute Gasteiger partial charge is 0.250 e. The van der Waals surface area contributed by atoms with Crippen LogP contribution in [0.3, 0.4) is 0 Å². The molecule has 24 heavy (non-hydrogen) atoms. The molecule has 2 aliphatic heterocycles. The number of hydrogen-bond donors (Lipinski definition) is 1. The molecule has 3 aliphatic rings. The molecule has 0 unspecified atom stereocenters. The number of hydroxylamine groups is 2. The fourth-order valence-corrected chi connectivity index (χ4v) is 2.84. The number of amides is 1. The van der Waals surface area contributed by atoms with Crippen LogP contribution in [-0.4, -0.2) is 28.2 Å². The first-order valence-corrected chi connectivity index (χ1v) is 7.98. The van der Waals surface area contributed by atoms with E-state index >= 15 is 0 Å². The van der Waals surface area contributed by atoms with Crippen LogP contribution < -0.4 is 10.4 Å². The summed E-state index contributed by atoms with van der Waals surface area (Å²) in [5.74, 6) is 0.492. The van der Waals surface area contributed by atoms with Crippen molar-refractivity contribution in [3.8, 4) is 0 Å². The lowest BCUT2D eigenvalue weighted by Crippen LogP contribution is -2.26. The fourth-order valence-electron chi connectivity index (χ4n) is 2.84. The molecule has 0 spiro atoms. The van der Waals surface area contributed by atoms with Crippen LogP contribution in [0.2, 0.25) is 0 Å². The van der Waals surface area contributed by atoms with E-state index in [-0.39, 0.29) is 11.8 Å². The Labute approximate surface area is 139 Å². The number of hydrogen-bond acceptors (Lipinski definition) is 3. The standard InChI is InChI=1S/C19H17N3O2/c1-12-3-2-8-22(24)18(12)15-7-6-14-10-17(20-11-16(14)9-15)21-19(23)13-4-5-13/h2-3,6-11,13,24H,4-5H2,1H3. The van der Waals surface area contributed by atoms with E-state index in [0.29, 0.717) is 5.84 Å². The molecule has 5 heteroatoms. The number of carbonyl (C=O) groups is 1. The number of aliphatic imine (C=N–C) groups is 2. The van der Waals surface area contributed by atoms with E-state index < -0.39 is 0 Å². The monoisotopic (exact) mass is 319 g/mol. The quantitative estimate of drug-likeness (QED) is 0.853. The first-order chi connectivity index (χ1) is 11.6. The molecule has 1 aromatic rings. The van der Waals surface area contributed by atoms with Crippen LogP contribution in [0.5, 0.6) is 0 Å². The van der Waals surface area contributed by atoms with Gasteiger partial charge < -0.3 is 0 Å². The van der Waals surface area contributed by atoms with Gasteiger partial charge in [0.1, 0.15) is 0 Å². The van der Waals surface area contributed by atoms with Gasteiger partial charge in [0, 0.05) is 29.1 Å². The fraction of sp³-hybridized carbons (Fsp3) is 0.211. The molecule has 0 aromatic heterocycles. The van der Waals surface area contributed by atoms with Crippen LogP contribution in [0.4, 0.5) is 0 Å². The van der Waals surface area contributed by atoms with Gasteiger partial charge in [-0.1, -0.05) is 18.2 Å². The Morgan fingerprint density at radius 3 is 2.96 bits per heavy atom. The molecule has 120 valence electrons. The summed E-state index contributed by atoms with van der Waals surface area (Å²) in [4.78, 5) is 20.2. The van der Waals surface area contributed by atoms with Gasteiger partial charge in [-0.2, -0.15) is 4.99 Å². The molecule has 0 saturated heterocycles.